The third kappa shape index (κ3) is 4.37. The summed E-state index contributed by atoms with van der Waals surface area (Å²) in [5, 5.41) is 2.69. The van der Waals surface area contributed by atoms with E-state index < -0.39 is 0 Å². The third-order valence-corrected chi connectivity index (χ3v) is 4.68. The van der Waals surface area contributed by atoms with Gasteiger partial charge in [-0.05, 0) is 35.2 Å². The fraction of sp³-hybridized carbons (Fsp3) is 0.273. The van der Waals surface area contributed by atoms with Crippen LogP contribution >= 0.6 is 0 Å². The van der Waals surface area contributed by atoms with Crippen molar-refractivity contribution in [1.82, 2.24) is 10.2 Å². The normalized spacial score (nSPS) is 15.6. The van der Waals surface area contributed by atoms with Crippen molar-refractivity contribution in [3.63, 3.8) is 0 Å². The molecule has 0 radical (unpaired) electrons. The molecule has 5 heteroatoms. The van der Waals surface area contributed by atoms with E-state index in [9.17, 15) is 9.59 Å². The summed E-state index contributed by atoms with van der Waals surface area (Å²) in [7, 11) is 0. The van der Waals surface area contributed by atoms with Gasteiger partial charge in [0.2, 0.25) is 5.91 Å². The maximum atomic E-state index is 12.2. The molecule has 1 unspecified atom stereocenters. The van der Waals surface area contributed by atoms with Gasteiger partial charge in [0.1, 0.15) is 5.75 Å². The minimum absolute atomic E-state index is 0.0460. The highest BCUT2D eigenvalue weighted by molar-refractivity contribution is 5.77. The average Bonchev–Trinajstić information content (AvgIpc) is 2.70. The van der Waals surface area contributed by atoms with Crippen LogP contribution in [0, 0.1) is 0 Å². The second-order valence-electron chi connectivity index (χ2n) is 6.52. The van der Waals surface area contributed by atoms with Crippen LogP contribution in [-0.2, 0) is 16.0 Å². The van der Waals surface area contributed by atoms with Crippen LogP contribution in [0.1, 0.15) is 29.7 Å². The fourth-order valence-corrected chi connectivity index (χ4v) is 3.40. The molecule has 1 N–H and O–H groups in total. The number of rotatable bonds is 6. The van der Waals surface area contributed by atoms with Gasteiger partial charge in [-0.2, -0.15) is 0 Å². The van der Waals surface area contributed by atoms with E-state index in [0.29, 0.717) is 18.8 Å². The van der Waals surface area contributed by atoms with Gasteiger partial charge in [-0.3, -0.25) is 9.59 Å². The Kier molecular flexibility index (Phi) is 5.91. The van der Waals surface area contributed by atoms with E-state index >= 15 is 0 Å². The first-order chi connectivity index (χ1) is 13.1. The summed E-state index contributed by atoms with van der Waals surface area (Å²) in [4.78, 5) is 25.9. The van der Waals surface area contributed by atoms with Gasteiger partial charge >= 0.3 is 0 Å². The number of ether oxygens (including phenoxy) is 1. The number of hydrogen-bond donors (Lipinski definition) is 1. The molecule has 0 fully saturated rings. The van der Waals surface area contributed by atoms with Crippen LogP contribution in [0.5, 0.6) is 5.75 Å². The lowest BCUT2D eigenvalue weighted by atomic mass is 9.88. The Balaban J connectivity index is 1.88. The Hall–Kier alpha value is -3.08. The van der Waals surface area contributed by atoms with E-state index in [-0.39, 0.29) is 24.5 Å². The molecule has 0 spiro atoms. The Morgan fingerprint density at radius 2 is 2.04 bits per heavy atom. The predicted octanol–water partition coefficient (Wildman–Crippen LogP) is 2.86. The van der Waals surface area contributed by atoms with Gasteiger partial charge in [-0.15, -0.1) is 6.58 Å². The van der Waals surface area contributed by atoms with Gasteiger partial charge in [-0.1, -0.05) is 42.5 Å². The van der Waals surface area contributed by atoms with Crippen LogP contribution in [-0.4, -0.2) is 36.4 Å². The summed E-state index contributed by atoms with van der Waals surface area (Å²) in [6, 6.07) is 15.7. The van der Waals surface area contributed by atoms with Crippen molar-refractivity contribution in [2.45, 2.75) is 19.4 Å². The average molecular weight is 364 g/mol. The van der Waals surface area contributed by atoms with Crippen LogP contribution in [0.4, 0.5) is 0 Å². The van der Waals surface area contributed by atoms with Crippen molar-refractivity contribution in [2.75, 3.05) is 19.7 Å². The molecule has 2 aromatic rings. The van der Waals surface area contributed by atoms with Crippen molar-refractivity contribution < 1.29 is 14.3 Å². The summed E-state index contributed by atoms with van der Waals surface area (Å²) >= 11 is 0. The van der Waals surface area contributed by atoms with E-state index in [4.69, 9.17) is 4.74 Å². The molecule has 1 atom stereocenters. The molecule has 0 aromatic heterocycles. The summed E-state index contributed by atoms with van der Waals surface area (Å²) in [5.41, 5.74) is 3.31. The first kappa shape index (κ1) is 18.7. The highest BCUT2D eigenvalue weighted by atomic mass is 16.5. The van der Waals surface area contributed by atoms with Gasteiger partial charge in [0, 0.05) is 20.0 Å². The van der Waals surface area contributed by atoms with Crippen LogP contribution in [0.15, 0.2) is 61.2 Å². The van der Waals surface area contributed by atoms with Gasteiger partial charge in [0.25, 0.3) is 5.91 Å². The summed E-state index contributed by atoms with van der Waals surface area (Å²) < 4.78 is 5.66. The number of fused-ring (bicyclic) bond motifs is 1. The van der Waals surface area contributed by atoms with E-state index in [2.05, 4.69) is 11.9 Å². The monoisotopic (exact) mass is 364 g/mol. The highest BCUT2D eigenvalue weighted by Crippen LogP contribution is 2.37. The molecular weight excluding hydrogens is 340 g/mol. The van der Waals surface area contributed by atoms with E-state index in [1.165, 1.54) is 5.56 Å². The summed E-state index contributed by atoms with van der Waals surface area (Å²) in [6.45, 7) is 6.22. The first-order valence-electron chi connectivity index (χ1n) is 9.05. The van der Waals surface area contributed by atoms with Gasteiger partial charge < -0.3 is 15.0 Å². The Bertz CT molecular complexity index is 833. The zero-order valence-corrected chi connectivity index (χ0v) is 15.5. The minimum atomic E-state index is -0.197. The topological polar surface area (TPSA) is 58.6 Å². The largest absolute Gasteiger partial charge is 0.484 e. The molecule has 0 aliphatic carbocycles. The molecular formula is C22H24N2O3. The molecule has 2 aromatic carbocycles. The second kappa shape index (κ2) is 8.54. The molecule has 27 heavy (non-hydrogen) atoms. The summed E-state index contributed by atoms with van der Waals surface area (Å²) in [6.07, 6.45) is 2.43. The quantitative estimate of drug-likeness (QED) is 0.802. The number of hydrogen-bond acceptors (Lipinski definition) is 3. The van der Waals surface area contributed by atoms with Crippen molar-refractivity contribution in [3.8, 4) is 5.75 Å². The Morgan fingerprint density at radius 1 is 1.26 bits per heavy atom. The van der Waals surface area contributed by atoms with Crippen molar-refractivity contribution >= 4 is 11.8 Å². The van der Waals surface area contributed by atoms with Crippen molar-refractivity contribution in [3.05, 3.63) is 77.9 Å². The molecule has 140 valence electrons. The maximum Gasteiger partial charge on any atom is 0.258 e. The standard InChI is InChI=1S/C22H24N2O3/c1-3-12-23-21(26)15-27-19-10-9-17-11-13-24(16(2)25)22(20(17)14-19)18-7-5-4-6-8-18/h3-10,14,22H,1,11-13,15H2,2H3,(H,23,26). The molecule has 2 amide bonds. The zero-order chi connectivity index (χ0) is 19.2. The number of carbonyl (C=O) groups excluding carboxylic acids is 2. The molecule has 0 bridgehead atoms. The zero-order valence-electron chi connectivity index (χ0n) is 15.5. The van der Waals surface area contributed by atoms with Crippen LogP contribution in [0.3, 0.4) is 0 Å². The number of amides is 2. The van der Waals surface area contributed by atoms with Crippen molar-refractivity contribution in [1.29, 1.82) is 0 Å². The maximum absolute atomic E-state index is 12.2. The molecule has 3 rings (SSSR count). The smallest absolute Gasteiger partial charge is 0.258 e. The lowest BCUT2D eigenvalue weighted by molar-refractivity contribution is -0.130. The molecule has 1 aliphatic rings. The van der Waals surface area contributed by atoms with Crippen LogP contribution in [0.25, 0.3) is 0 Å². The van der Waals surface area contributed by atoms with E-state index in [1.54, 1.807) is 13.0 Å². The second-order valence-corrected chi connectivity index (χ2v) is 6.52. The number of benzene rings is 2. The van der Waals surface area contributed by atoms with Gasteiger partial charge in [0.15, 0.2) is 6.61 Å². The molecule has 5 nitrogen and oxygen atoms in total. The SMILES string of the molecule is C=CCNC(=O)COc1ccc2c(c1)C(c1ccccc1)N(C(C)=O)CC2. The Morgan fingerprint density at radius 3 is 2.74 bits per heavy atom. The van der Waals surface area contributed by atoms with Gasteiger partial charge in [-0.25, -0.2) is 0 Å². The highest BCUT2D eigenvalue weighted by Gasteiger charge is 2.30. The van der Waals surface area contributed by atoms with Crippen molar-refractivity contribution in [2.24, 2.45) is 0 Å². The summed E-state index contributed by atoms with van der Waals surface area (Å²) in [5.74, 6) is 0.469. The molecule has 1 aliphatic heterocycles. The minimum Gasteiger partial charge on any atom is -0.484 e. The van der Waals surface area contributed by atoms with E-state index in [0.717, 1.165) is 17.5 Å². The van der Waals surface area contributed by atoms with E-state index in [1.807, 2.05) is 53.4 Å². The molecule has 0 saturated heterocycles. The lowest BCUT2D eigenvalue weighted by Crippen LogP contribution is -2.39. The molecule has 0 saturated carbocycles. The van der Waals surface area contributed by atoms with Crippen LogP contribution in [0.2, 0.25) is 0 Å². The third-order valence-electron chi connectivity index (χ3n) is 4.68. The first-order valence-corrected chi connectivity index (χ1v) is 9.05. The molecule has 1 heterocycles. The number of carbonyl (C=O) groups is 2. The Labute approximate surface area is 159 Å². The number of nitrogens with zero attached hydrogens (tertiary/aromatic N) is 1. The van der Waals surface area contributed by atoms with Crippen LogP contribution < -0.4 is 10.1 Å². The van der Waals surface area contributed by atoms with Gasteiger partial charge in [0.05, 0.1) is 6.04 Å². The fourth-order valence-electron chi connectivity index (χ4n) is 3.40. The number of nitrogens with one attached hydrogen (secondary N) is 1. The lowest BCUT2D eigenvalue weighted by Gasteiger charge is -2.37. The predicted molar refractivity (Wildman–Crippen MR) is 105 cm³/mol.